The van der Waals surface area contributed by atoms with Gasteiger partial charge in [0, 0.05) is 118 Å². The van der Waals surface area contributed by atoms with E-state index in [1.54, 1.807) is 49.4 Å². The fourth-order valence-corrected chi connectivity index (χ4v) is 13.8. The van der Waals surface area contributed by atoms with Crippen LogP contribution in [0.15, 0.2) is 46.0 Å². The van der Waals surface area contributed by atoms with Gasteiger partial charge in [-0.2, -0.15) is 5.10 Å². The number of pyridine rings is 1. The van der Waals surface area contributed by atoms with Crippen molar-refractivity contribution in [1.29, 1.82) is 0 Å². The number of amides is 1. The van der Waals surface area contributed by atoms with E-state index in [4.69, 9.17) is 28.8 Å². The van der Waals surface area contributed by atoms with E-state index in [9.17, 15) is 54.6 Å². The molecule has 11 rings (SSSR count). The Bertz CT molecular complexity index is 3550. The van der Waals surface area contributed by atoms with E-state index >= 15 is 4.39 Å². The van der Waals surface area contributed by atoms with Crippen molar-refractivity contribution < 1.29 is 77.9 Å². The largest absolute Gasteiger partial charge is 0.507 e. The van der Waals surface area contributed by atoms with E-state index < -0.39 is 112 Å². The molecule has 1 aromatic heterocycles. The number of benzene rings is 3. The number of allylic oxidation sites excluding steroid dienone is 2. The maximum Gasteiger partial charge on any atom is 0.341 e. The van der Waals surface area contributed by atoms with Gasteiger partial charge in [-0.05, 0) is 64.4 Å². The number of carboxylic acids is 1. The lowest BCUT2D eigenvalue weighted by molar-refractivity contribution is -0.164. The molecule has 22 nitrogen and oxygen atoms in total. The molecule has 1 amide bonds. The van der Waals surface area contributed by atoms with Gasteiger partial charge in [0.15, 0.2) is 17.3 Å². The third kappa shape index (κ3) is 10.9. The van der Waals surface area contributed by atoms with Gasteiger partial charge in [0.2, 0.25) is 11.2 Å². The van der Waals surface area contributed by atoms with Crippen LogP contribution in [0.4, 0.5) is 15.8 Å². The number of ketones is 1. The number of halogens is 1. The number of aliphatic hydroxyl groups excluding tert-OH is 2. The third-order valence-electron chi connectivity index (χ3n) is 19.2. The highest BCUT2D eigenvalue weighted by Crippen LogP contribution is 2.56. The molecular weight excluding hydrogens is 1120 g/mol. The highest BCUT2D eigenvalue weighted by Gasteiger charge is 2.56. The lowest BCUT2D eigenvalue weighted by Gasteiger charge is -2.41. The van der Waals surface area contributed by atoms with Crippen molar-refractivity contribution in [2.24, 2.45) is 34.7 Å². The summed E-state index contributed by atoms with van der Waals surface area (Å²) in [5.74, 6) is -10.3. The first-order valence-corrected chi connectivity index (χ1v) is 29.6. The number of esters is 1. The molecule has 2 aliphatic carbocycles. The van der Waals surface area contributed by atoms with E-state index in [1.165, 1.54) is 60.4 Å². The minimum Gasteiger partial charge on any atom is -0.507 e. The van der Waals surface area contributed by atoms with E-state index in [2.05, 4.69) is 10.2 Å². The summed E-state index contributed by atoms with van der Waals surface area (Å²) < 4.78 is 48.3. The Morgan fingerprint density at radius 3 is 2.22 bits per heavy atom. The van der Waals surface area contributed by atoms with Gasteiger partial charge in [-0.25, -0.2) is 9.18 Å². The second kappa shape index (κ2) is 23.8. The summed E-state index contributed by atoms with van der Waals surface area (Å²) in [7, 11) is 2.91. The van der Waals surface area contributed by atoms with E-state index in [0.29, 0.717) is 44.8 Å². The van der Waals surface area contributed by atoms with Crippen molar-refractivity contribution in [3.8, 4) is 28.7 Å². The van der Waals surface area contributed by atoms with Crippen LogP contribution in [0, 0.1) is 42.3 Å². The number of anilines is 2. The van der Waals surface area contributed by atoms with Crippen molar-refractivity contribution in [3.63, 3.8) is 0 Å². The Morgan fingerprint density at radius 1 is 0.895 bits per heavy atom. The van der Waals surface area contributed by atoms with Crippen molar-refractivity contribution in [3.05, 3.63) is 74.4 Å². The number of hydrogen-bond donors (Lipinski definition) is 7. The van der Waals surface area contributed by atoms with Crippen LogP contribution in [-0.4, -0.2) is 171 Å². The molecule has 5 bridgehead atoms. The molecule has 6 heterocycles. The summed E-state index contributed by atoms with van der Waals surface area (Å²) in [4.78, 5) is 71.4. The topological polar surface area (TPSA) is 292 Å². The number of nitrogens with one attached hydrogen (secondary N) is 1. The number of aliphatic hydroxyl groups is 2. The SMILES string of the molecule is COc1c(N2CCC(C3(N4CCN(/N=C/c5c6c(O)c7c(O)c(C)c8c(c7c5O)C(=O)[C@@](C)(OCCC(OC)[C@@H](C)[C@@H](OC(C)=O)[C@H](C)[C@H](O)[C@H](C)[C@@H](O)[C@@H](C)/C=C/C=C(/C)C(=O)N6)O8)CC4)CC3)C2)c(F)cc2c(=O)c(C(=O)O)cn(C3CC3)c12. The average Bonchev–Trinajstić information content (AvgIpc) is 1.42. The van der Waals surface area contributed by atoms with Crippen molar-refractivity contribution >= 4 is 62.9 Å². The Balaban J connectivity index is 0.942. The van der Waals surface area contributed by atoms with Gasteiger partial charge in [0.25, 0.3) is 11.7 Å². The van der Waals surface area contributed by atoms with Gasteiger partial charge in [-0.3, -0.25) is 29.1 Å². The Morgan fingerprint density at radius 2 is 1.59 bits per heavy atom. The predicted molar refractivity (Wildman–Crippen MR) is 317 cm³/mol. The van der Waals surface area contributed by atoms with Crippen molar-refractivity contribution in [1.82, 2.24) is 14.5 Å². The number of piperazine rings is 1. The zero-order valence-corrected chi connectivity index (χ0v) is 50.3. The molecule has 0 radical (unpaired) electrons. The number of fused-ring (bicyclic) bond motifs is 16. The smallest absolute Gasteiger partial charge is 0.341 e. The molecule has 3 aromatic carbocycles. The number of aromatic carboxylic acids is 1. The average molecular weight is 1200 g/mol. The number of Topliss-reactive ketones (excluding diaryl/α,β-unsaturated/α-hetero) is 1. The summed E-state index contributed by atoms with van der Waals surface area (Å²) in [6.45, 7) is 15.5. The van der Waals surface area contributed by atoms with Crippen LogP contribution in [0.25, 0.3) is 21.7 Å². The molecule has 2 saturated heterocycles. The predicted octanol–water partition coefficient (Wildman–Crippen LogP) is 7.14. The molecule has 7 N–H and O–H groups in total. The van der Waals surface area contributed by atoms with Crippen LogP contribution in [0.3, 0.4) is 0 Å². The van der Waals surface area contributed by atoms with Gasteiger partial charge in [0.1, 0.15) is 34.6 Å². The van der Waals surface area contributed by atoms with E-state index in [-0.39, 0.29) is 91.8 Å². The first-order chi connectivity index (χ1) is 40.8. The number of carbonyl (C=O) groups is 4. The van der Waals surface area contributed by atoms with Crippen LogP contribution < -0.4 is 25.1 Å². The normalized spacial score (nSPS) is 29.5. The van der Waals surface area contributed by atoms with Crippen LogP contribution in [0.5, 0.6) is 28.7 Å². The molecule has 2 saturated carbocycles. The van der Waals surface area contributed by atoms with Crippen LogP contribution in [-0.2, 0) is 23.8 Å². The minimum atomic E-state index is -2.03. The lowest BCUT2D eigenvalue weighted by Crippen LogP contribution is -2.53. The number of ether oxygens (including phenoxy) is 5. The summed E-state index contributed by atoms with van der Waals surface area (Å²) in [5.41, 5.74) is -1.29. The molecule has 0 spiro atoms. The Labute approximate surface area is 497 Å². The second-order valence-corrected chi connectivity index (χ2v) is 24.6. The third-order valence-corrected chi connectivity index (χ3v) is 19.2. The van der Waals surface area contributed by atoms with Crippen molar-refractivity contribution in [2.45, 2.75) is 136 Å². The second-order valence-electron chi connectivity index (χ2n) is 24.6. The summed E-state index contributed by atoms with van der Waals surface area (Å²) in [6.07, 6.45) is 7.87. The van der Waals surface area contributed by atoms with Gasteiger partial charge >= 0.3 is 11.9 Å². The summed E-state index contributed by atoms with van der Waals surface area (Å²) in [5, 5.41) is 78.4. The fourth-order valence-electron chi connectivity index (χ4n) is 13.8. The van der Waals surface area contributed by atoms with Crippen LogP contribution in [0.1, 0.15) is 125 Å². The molecule has 7 aliphatic rings. The highest BCUT2D eigenvalue weighted by molar-refractivity contribution is 6.24. The number of phenols is 3. The molecular formula is C63H79FN6O16. The molecule has 4 aromatic rings. The number of methoxy groups -OCH3 is 2. The molecule has 10 atom stereocenters. The molecule has 5 aliphatic heterocycles. The lowest BCUT2D eigenvalue weighted by atomic mass is 9.78. The number of carboxylic acid groups (broad SMARTS) is 1. The monoisotopic (exact) mass is 1190 g/mol. The maximum atomic E-state index is 16.4. The first kappa shape index (κ1) is 61.8. The van der Waals surface area contributed by atoms with Gasteiger partial charge < -0.3 is 69.1 Å². The zero-order chi connectivity index (χ0) is 62.2. The van der Waals surface area contributed by atoms with E-state index in [0.717, 1.165) is 38.2 Å². The molecule has 86 heavy (non-hydrogen) atoms. The van der Waals surface area contributed by atoms with Crippen molar-refractivity contribution in [2.75, 3.05) is 70.3 Å². The number of hydrazone groups is 1. The number of rotatable bonds is 10. The van der Waals surface area contributed by atoms with Gasteiger partial charge in [-0.15, -0.1) is 0 Å². The number of carbonyl (C=O) groups excluding carboxylic acids is 3. The zero-order valence-electron chi connectivity index (χ0n) is 50.3. The number of phenolic OH excluding ortho intramolecular Hbond substituents is 3. The number of hydrogen-bond acceptors (Lipinski definition) is 19. The quantitative estimate of drug-likeness (QED) is 0.0359. The molecule has 23 heteroatoms. The number of nitrogens with zero attached hydrogens (tertiary/aromatic N) is 5. The molecule has 464 valence electrons. The van der Waals surface area contributed by atoms with Gasteiger partial charge in [-0.1, -0.05) is 45.9 Å². The Hall–Kier alpha value is -7.31. The fraction of sp³-hybridized carbons (Fsp3) is 0.556. The molecule has 2 unspecified atom stereocenters. The summed E-state index contributed by atoms with van der Waals surface area (Å²) in [6, 6.07) is 1.10. The molecule has 4 fully saturated rings. The first-order valence-electron chi connectivity index (χ1n) is 29.6. The van der Waals surface area contributed by atoms with Crippen LogP contribution in [0.2, 0.25) is 0 Å². The summed E-state index contributed by atoms with van der Waals surface area (Å²) >= 11 is 0. The number of aromatic nitrogens is 1. The standard InChI is InChI=1S/C63H79FN6O16/c1-30-12-11-13-31(2)60(79)66-47-40(27-65-69-23-21-68(22-24-69)63(18-19-63)37-16-20-67(28-37)49-42(64)26-39-48(58(49)83-10)70(38-14-15-38)29-41(53(39)75)61(80)81)54(76)44-45(55(47)77)52(74)35(6)57-46(44)59(78)62(8,86-57)84-25-17-43(82-9)32(3)56(85-36(7)71)34(5)51(73)33(4)50(30)72/h11-13,26-27,29-30,32-34,37-38,43,50-51,56,72-74,76-77H,14-25,28H2,1-10H3,(H,66,79)(H,80,81)/b12-11+,31-13-,65-27+/t30-,32+,33+,34+,37?,43?,50-,51+,56+,62-/m0/s1. The maximum absolute atomic E-state index is 16.4. The van der Waals surface area contributed by atoms with E-state index in [1.807, 2.05) is 4.90 Å². The van der Waals surface area contributed by atoms with Crippen LogP contribution >= 0.6 is 0 Å². The Kier molecular flexibility index (Phi) is 17.1. The highest BCUT2D eigenvalue weighted by atomic mass is 19.1. The number of aromatic hydroxyl groups is 3. The van der Waals surface area contributed by atoms with Gasteiger partial charge in [0.05, 0.1) is 71.3 Å². The minimum absolute atomic E-state index is 0.0364.